The van der Waals surface area contributed by atoms with E-state index in [1.165, 1.54) is 0 Å². The fourth-order valence-electron chi connectivity index (χ4n) is 0.517. The van der Waals surface area contributed by atoms with E-state index < -0.39 is 7.60 Å². The summed E-state index contributed by atoms with van der Waals surface area (Å²) in [4.78, 5) is 0. The van der Waals surface area contributed by atoms with E-state index in [4.69, 9.17) is 9.05 Å². The first-order valence-corrected chi connectivity index (χ1v) is 5.64. The number of rotatable bonds is 5. The Bertz CT molecular complexity index is 171. The third-order valence-electron chi connectivity index (χ3n) is 0.895. The lowest BCUT2D eigenvalue weighted by Gasteiger charge is -2.14. The minimum absolute atomic E-state index is 0.272. The lowest BCUT2D eigenvalue weighted by atomic mass is 10.9. The minimum atomic E-state index is -3.07. The molecule has 0 aromatic rings. The van der Waals surface area contributed by atoms with Gasteiger partial charge in [-0.05, 0) is 29.8 Å². The molecule has 0 radical (unpaired) electrons. The van der Waals surface area contributed by atoms with Crippen molar-refractivity contribution < 1.29 is 13.6 Å². The van der Waals surface area contributed by atoms with Crippen molar-refractivity contribution >= 4 is 23.5 Å². The fraction of sp³-hybridized carbons (Fsp3) is 0.667. The Morgan fingerprint density at radius 3 is 2.00 bits per heavy atom. The van der Waals surface area contributed by atoms with Crippen molar-refractivity contribution in [2.24, 2.45) is 0 Å². The summed E-state index contributed by atoms with van der Waals surface area (Å²) in [6, 6.07) is 0. The van der Waals surface area contributed by atoms with Gasteiger partial charge in [0.2, 0.25) is 0 Å². The minimum Gasteiger partial charge on any atom is -0.305 e. The molecular weight excluding hydrogens is 231 g/mol. The lowest BCUT2D eigenvalue weighted by molar-refractivity contribution is 0.228. The molecule has 0 N–H and O–H groups in total. The highest BCUT2D eigenvalue weighted by Gasteiger charge is 2.25. The van der Waals surface area contributed by atoms with E-state index >= 15 is 0 Å². The van der Waals surface area contributed by atoms with E-state index in [-0.39, 0.29) is 4.22 Å². The summed E-state index contributed by atoms with van der Waals surface area (Å²) in [6.07, 6.45) is 0. The molecule has 3 nitrogen and oxygen atoms in total. The molecule has 0 heterocycles. The van der Waals surface area contributed by atoms with Crippen LogP contribution in [0.5, 0.6) is 0 Å². The number of hydrogen-bond acceptors (Lipinski definition) is 3. The molecule has 0 fully saturated rings. The molecule has 0 aromatic heterocycles. The molecule has 0 spiro atoms. The Kier molecular flexibility index (Phi) is 5.26. The summed E-state index contributed by atoms with van der Waals surface area (Å²) in [5.74, 6) is 0. The zero-order valence-electron chi connectivity index (χ0n) is 6.67. The van der Waals surface area contributed by atoms with Crippen LogP contribution in [-0.2, 0) is 13.6 Å². The van der Waals surface area contributed by atoms with Gasteiger partial charge >= 0.3 is 7.60 Å². The molecule has 0 amide bonds. The van der Waals surface area contributed by atoms with Crippen LogP contribution in [0.4, 0.5) is 0 Å². The van der Waals surface area contributed by atoms with Crippen LogP contribution in [0.15, 0.2) is 10.8 Å². The quantitative estimate of drug-likeness (QED) is 0.696. The zero-order valence-corrected chi connectivity index (χ0v) is 9.15. The maximum atomic E-state index is 11.5. The van der Waals surface area contributed by atoms with Crippen LogP contribution in [0, 0.1) is 0 Å². The van der Waals surface area contributed by atoms with Gasteiger partial charge in [-0.1, -0.05) is 6.58 Å². The molecule has 11 heavy (non-hydrogen) atoms. The molecular formula is C6H12BrO3P. The highest BCUT2D eigenvalue weighted by atomic mass is 79.9. The Morgan fingerprint density at radius 1 is 1.45 bits per heavy atom. The second-order valence-electron chi connectivity index (χ2n) is 1.71. The van der Waals surface area contributed by atoms with Crippen LogP contribution >= 0.6 is 23.5 Å². The van der Waals surface area contributed by atoms with Crippen molar-refractivity contribution in [3.8, 4) is 0 Å². The Labute approximate surface area is 75.4 Å². The third kappa shape index (κ3) is 3.52. The van der Waals surface area contributed by atoms with Gasteiger partial charge < -0.3 is 9.05 Å². The van der Waals surface area contributed by atoms with Crippen LogP contribution in [0.25, 0.3) is 0 Å². The van der Waals surface area contributed by atoms with Crippen molar-refractivity contribution in [2.75, 3.05) is 13.2 Å². The molecule has 0 saturated carbocycles. The Hall–Kier alpha value is 0.370. The molecule has 0 bridgehead atoms. The van der Waals surface area contributed by atoms with Crippen LogP contribution in [0.1, 0.15) is 13.8 Å². The average Bonchev–Trinajstić information content (AvgIpc) is 1.88. The van der Waals surface area contributed by atoms with Crippen LogP contribution < -0.4 is 0 Å². The maximum Gasteiger partial charge on any atom is 0.367 e. The Balaban J connectivity index is 4.27. The fourth-order valence-corrected chi connectivity index (χ4v) is 2.17. The smallest absolute Gasteiger partial charge is 0.305 e. The molecule has 0 aliphatic rings. The third-order valence-corrected chi connectivity index (χ3v) is 3.99. The van der Waals surface area contributed by atoms with Gasteiger partial charge in [-0.25, -0.2) is 0 Å². The second kappa shape index (κ2) is 5.09. The van der Waals surface area contributed by atoms with E-state index in [0.717, 1.165) is 0 Å². The van der Waals surface area contributed by atoms with Gasteiger partial charge in [0.1, 0.15) is 0 Å². The average molecular weight is 243 g/mol. The van der Waals surface area contributed by atoms with Gasteiger partial charge in [0.05, 0.1) is 17.4 Å². The van der Waals surface area contributed by atoms with Crippen molar-refractivity contribution in [2.45, 2.75) is 13.8 Å². The highest BCUT2D eigenvalue weighted by molar-refractivity contribution is 9.13. The second-order valence-corrected chi connectivity index (χ2v) is 5.33. The first-order valence-electron chi connectivity index (χ1n) is 3.31. The van der Waals surface area contributed by atoms with Gasteiger partial charge in [0.25, 0.3) is 0 Å². The lowest BCUT2D eigenvalue weighted by Crippen LogP contribution is -1.94. The summed E-state index contributed by atoms with van der Waals surface area (Å²) in [5, 5.41) is 0. The molecule has 0 aliphatic heterocycles. The van der Waals surface area contributed by atoms with E-state index in [9.17, 15) is 4.57 Å². The summed E-state index contributed by atoms with van der Waals surface area (Å²) in [7, 11) is -3.07. The largest absolute Gasteiger partial charge is 0.367 e. The van der Waals surface area contributed by atoms with Crippen LogP contribution in [0.3, 0.4) is 0 Å². The van der Waals surface area contributed by atoms with Crippen molar-refractivity contribution in [3.05, 3.63) is 10.8 Å². The predicted molar refractivity (Wildman–Crippen MR) is 48.9 cm³/mol. The molecule has 0 unspecified atom stereocenters. The summed E-state index contributed by atoms with van der Waals surface area (Å²) >= 11 is 2.99. The van der Waals surface area contributed by atoms with Gasteiger partial charge in [-0.15, -0.1) is 0 Å². The van der Waals surface area contributed by atoms with E-state index in [2.05, 4.69) is 22.5 Å². The van der Waals surface area contributed by atoms with Crippen molar-refractivity contribution in [3.63, 3.8) is 0 Å². The van der Waals surface area contributed by atoms with E-state index in [1.54, 1.807) is 13.8 Å². The first kappa shape index (κ1) is 11.4. The first-order chi connectivity index (χ1) is 5.06. The molecule has 5 heteroatoms. The monoisotopic (exact) mass is 242 g/mol. The normalized spacial score (nSPS) is 11.5. The standard InChI is InChI=1S/C6H12BrO3P/c1-4-9-11(8,6(3)7)10-5-2/h3-5H2,1-2H3. The van der Waals surface area contributed by atoms with Crippen LogP contribution in [-0.4, -0.2) is 13.2 Å². The molecule has 0 rings (SSSR count). The SMILES string of the molecule is C=C(Br)P(=O)(OCC)OCC. The summed E-state index contributed by atoms with van der Waals surface area (Å²) in [5.41, 5.74) is 0. The topological polar surface area (TPSA) is 35.5 Å². The zero-order chi connectivity index (χ0) is 8.91. The van der Waals surface area contributed by atoms with E-state index in [1.807, 2.05) is 0 Å². The van der Waals surface area contributed by atoms with Gasteiger partial charge in [-0.3, -0.25) is 4.57 Å². The molecule has 66 valence electrons. The molecule has 0 atom stereocenters. The van der Waals surface area contributed by atoms with Gasteiger partial charge in [0.15, 0.2) is 0 Å². The van der Waals surface area contributed by atoms with Crippen molar-refractivity contribution in [1.29, 1.82) is 0 Å². The summed E-state index contributed by atoms with van der Waals surface area (Å²) < 4.78 is 21.6. The molecule has 0 aromatic carbocycles. The Morgan fingerprint density at radius 2 is 1.82 bits per heavy atom. The van der Waals surface area contributed by atoms with Crippen molar-refractivity contribution in [1.82, 2.24) is 0 Å². The van der Waals surface area contributed by atoms with Gasteiger partial charge in [-0.2, -0.15) is 0 Å². The highest BCUT2D eigenvalue weighted by Crippen LogP contribution is 2.57. The van der Waals surface area contributed by atoms with Gasteiger partial charge in [0, 0.05) is 0 Å². The van der Waals surface area contributed by atoms with Crippen LogP contribution in [0.2, 0.25) is 0 Å². The van der Waals surface area contributed by atoms with E-state index in [0.29, 0.717) is 13.2 Å². The summed E-state index contributed by atoms with van der Waals surface area (Å²) in [6.45, 7) is 7.67. The number of hydrogen-bond donors (Lipinski definition) is 0. The number of halogens is 1. The maximum absolute atomic E-state index is 11.5. The predicted octanol–water partition coefficient (Wildman–Crippen LogP) is 3.12. The molecule has 0 saturated heterocycles. The molecule has 0 aliphatic carbocycles.